The molecule has 2 atom stereocenters. The molecular weight excluding hydrogens is 226 g/mol. The number of aryl methyl sites for hydroxylation is 1. The van der Waals surface area contributed by atoms with Crippen LogP contribution in [0.5, 0.6) is 0 Å². The van der Waals surface area contributed by atoms with Gasteiger partial charge in [0, 0.05) is 5.69 Å². The predicted octanol–water partition coefficient (Wildman–Crippen LogP) is 3.31. The molecule has 0 amide bonds. The number of hydrogen-bond donors (Lipinski definition) is 1. The van der Waals surface area contributed by atoms with E-state index in [0.717, 1.165) is 24.8 Å². The average Bonchev–Trinajstić information content (AvgIpc) is 2.32. The summed E-state index contributed by atoms with van der Waals surface area (Å²) in [6.45, 7) is 4.15. The summed E-state index contributed by atoms with van der Waals surface area (Å²) in [5.41, 5.74) is 7.83. The van der Waals surface area contributed by atoms with E-state index >= 15 is 0 Å². The van der Waals surface area contributed by atoms with Gasteiger partial charge in [-0.25, -0.2) is 4.79 Å². The van der Waals surface area contributed by atoms with Gasteiger partial charge in [0.2, 0.25) is 0 Å². The van der Waals surface area contributed by atoms with E-state index < -0.39 is 0 Å². The van der Waals surface area contributed by atoms with E-state index in [0.29, 0.717) is 17.2 Å². The van der Waals surface area contributed by atoms with Crippen molar-refractivity contribution in [2.24, 2.45) is 5.92 Å². The number of anilines is 1. The summed E-state index contributed by atoms with van der Waals surface area (Å²) in [7, 11) is 0. The summed E-state index contributed by atoms with van der Waals surface area (Å²) in [4.78, 5) is 12.1. The number of rotatable bonds is 2. The Morgan fingerprint density at radius 3 is 2.89 bits per heavy atom. The Hall–Kier alpha value is -1.51. The lowest BCUT2D eigenvalue weighted by molar-refractivity contribution is 0.0156. The number of carbonyl (C=O) groups excluding carboxylic acids is 1. The number of nitrogen functional groups attached to an aromatic ring is 1. The zero-order valence-corrected chi connectivity index (χ0v) is 11.1. The fraction of sp³-hybridized carbons (Fsp3) is 0.533. The van der Waals surface area contributed by atoms with Gasteiger partial charge >= 0.3 is 5.97 Å². The van der Waals surface area contributed by atoms with E-state index in [1.165, 1.54) is 6.42 Å². The van der Waals surface area contributed by atoms with Crippen molar-refractivity contribution in [2.45, 2.75) is 45.6 Å². The molecule has 2 N–H and O–H groups in total. The van der Waals surface area contributed by atoms with E-state index in [-0.39, 0.29) is 12.1 Å². The Labute approximate surface area is 108 Å². The molecule has 2 unspecified atom stereocenters. The minimum Gasteiger partial charge on any atom is -0.459 e. The van der Waals surface area contributed by atoms with Crippen molar-refractivity contribution in [3.63, 3.8) is 0 Å². The molecule has 98 valence electrons. The maximum absolute atomic E-state index is 12.1. The quantitative estimate of drug-likeness (QED) is 0.644. The van der Waals surface area contributed by atoms with Crippen LogP contribution in [0.15, 0.2) is 18.2 Å². The molecule has 2 rings (SSSR count). The van der Waals surface area contributed by atoms with E-state index in [1.54, 1.807) is 12.1 Å². The minimum absolute atomic E-state index is 0.0566. The molecule has 0 saturated heterocycles. The van der Waals surface area contributed by atoms with E-state index in [2.05, 4.69) is 6.92 Å². The molecular formula is C15H21NO2. The molecule has 0 radical (unpaired) electrons. The van der Waals surface area contributed by atoms with Crippen molar-refractivity contribution < 1.29 is 9.53 Å². The van der Waals surface area contributed by atoms with Crippen LogP contribution in [-0.2, 0) is 4.74 Å². The number of ether oxygens (including phenoxy) is 1. The van der Waals surface area contributed by atoms with Crippen molar-refractivity contribution in [1.29, 1.82) is 0 Å². The fourth-order valence-corrected chi connectivity index (χ4v) is 2.55. The topological polar surface area (TPSA) is 52.3 Å². The number of esters is 1. The van der Waals surface area contributed by atoms with E-state index in [4.69, 9.17) is 10.5 Å². The first kappa shape index (κ1) is 12.9. The van der Waals surface area contributed by atoms with Crippen LogP contribution < -0.4 is 5.73 Å². The lowest BCUT2D eigenvalue weighted by Gasteiger charge is -2.26. The van der Waals surface area contributed by atoms with Crippen LogP contribution in [0.2, 0.25) is 0 Å². The first-order chi connectivity index (χ1) is 8.56. The Morgan fingerprint density at radius 1 is 1.39 bits per heavy atom. The molecule has 0 aliphatic heterocycles. The van der Waals surface area contributed by atoms with Gasteiger partial charge in [0.1, 0.15) is 6.10 Å². The third-order valence-corrected chi connectivity index (χ3v) is 3.59. The van der Waals surface area contributed by atoms with Crippen LogP contribution in [0.25, 0.3) is 0 Å². The van der Waals surface area contributed by atoms with Gasteiger partial charge in [-0.3, -0.25) is 0 Å². The average molecular weight is 247 g/mol. The summed E-state index contributed by atoms with van der Waals surface area (Å²) in [6, 6.07) is 5.45. The SMILES string of the molecule is Cc1ccc(N)c(C(=O)OC2CCCC(C)C2)c1. The van der Waals surface area contributed by atoms with Gasteiger partial charge in [0.15, 0.2) is 0 Å². The second-order valence-electron chi connectivity index (χ2n) is 5.39. The van der Waals surface area contributed by atoms with Crippen molar-refractivity contribution >= 4 is 11.7 Å². The largest absolute Gasteiger partial charge is 0.459 e. The first-order valence-corrected chi connectivity index (χ1v) is 6.63. The van der Waals surface area contributed by atoms with Crippen molar-refractivity contribution in [3.05, 3.63) is 29.3 Å². The second kappa shape index (κ2) is 5.42. The van der Waals surface area contributed by atoms with Crippen LogP contribution in [-0.4, -0.2) is 12.1 Å². The molecule has 3 nitrogen and oxygen atoms in total. The van der Waals surface area contributed by atoms with Gasteiger partial charge in [0.25, 0.3) is 0 Å². The predicted molar refractivity (Wildman–Crippen MR) is 72.4 cm³/mol. The lowest BCUT2D eigenvalue weighted by atomic mass is 9.89. The standard InChI is InChI=1S/C15H21NO2/c1-10-4-3-5-12(8-10)18-15(17)13-9-11(2)6-7-14(13)16/h6-7,9-10,12H,3-5,8,16H2,1-2H3. The molecule has 1 fully saturated rings. The van der Waals surface area contributed by atoms with Gasteiger partial charge in [0.05, 0.1) is 5.56 Å². The van der Waals surface area contributed by atoms with E-state index in [1.807, 2.05) is 13.0 Å². The Morgan fingerprint density at radius 2 is 2.17 bits per heavy atom. The van der Waals surface area contributed by atoms with Crippen LogP contribution >= 0.6 is 0 Å². The fourth-order valence-electron chi connectivity index (χ4n) is 2.55. The van der Waals surface area contributed by atoms with Crippen LogP contribution in [0.3, 0.4) is 0 Å². The third-order valence-electron chi connectivity index (χ3n) is 3.59. The first-order valence-electron chi connectivity index (χ1n) is 6.63. The number of nitrogens with two attached hydrogens (primary N) is 1. The summed E-state index contributed by atoms with van der Waals surface area (Å²) in [6.07, 6.45) is 4.38. The van der Waals surface area contributed by atoms with Gasteiger partial charge in [-0.1, -0.05) is 25.0 Å². The van der Waals surface area contributed by atoms with Crippen LogP contribution in [0, 0.1) is 12.8 Å². The zero-order valence-electron chi connectivity index (χ0n) is 11.1. The highest BCUT2D eigenvalue weighted by molar-refractivity contribution is 5.95. The van der Waals surface area contributed by atoms with Crippen molar-refractivity contribution in [3.8, 4) is 0 Å². The highest BCUT2D eigenvalue weighted by Crippen LogP contribution is 2.27. The van der Waals surface area contributed by atoms with Gasteiger partial charge in [-0.2, -0.15) is 0 Å². The summed E-state index contributed by atoms with van der Waals surface area (Å²) in [5.74, 6) is 0.363. The molecule has 0 heterocycles. The minimum atomic E-state index is -0.282. The van der Waals surface area contributed by atoms with E-state index in [9.17, 15) is 4.79 Å². The molecule has 1 aliphatic rings. The zero-order chi connectivity index (χ0) is 13.1. The molecule has 0 aromatic heterocycles. The normalized spacial score (nSPS) is 23.7. The molecule has 1 saturated carbocycles. The molecule has 1 aromatic carbocycles. The monoisotopic (exact) mass is 247 g/mol. The van der Waals surface area contributed by atoms with Crippen molar-refractivity contribution in [1.82, 2.24) is 0 Å². The highest BCUT2D eigenvalue weighted by Gasteiger charge is 2.23. The Kier molecular flexibility index (Phi) is 3.90. The molecule has 0 bridgehead atoms. The molecule has 1 aromatic rings. The summed E-state index contributed by atoms with van der Waals surface area (Å²) in [5, 5.41) is 0. The summed E-state index contributed by atoms with van der Waals surface area (Å²) < 4.78 is 5.56. The molecule has 1 aliphatic carbocycles. The second-order valence-corrected chi connectivity index (χ2v) is 5.39. The number of carbonyl (C=O) groups is 1. The van der Waals surface area contributed by atoms with Crippen LogP contribution in [0.4, 0.5) is 5.69 Å². The third kappa shape index (κ3) is 3.03. The molecule has 18 heavy (non-hydrogen) atoms. The number of hydrogen-bond acceptors (Lipinski definition) is 3. The maximum atomic E-state index is 12.1. The Bertz CT molecular complexity index is 442. The van der Waals surface area contributed by atoms with Gasteiger partial charge < -0.3 is 10.5 Å². The smallest absolute Gasteiger partial charge is 0.340 e. The summed E-state index contributed by atoms with van der Waals surface area (Å²) >= 11 is 0. The Balaban J connectivity index is 2.05. The van der Waals surface area contributed by atoms with Gasteiger partial charge in [-0.15, -0.1) is 0 Å². The number of benzene rings is 1. The van der Waals surface area contributed by atoms with Gasteiger partial charge in [-0.05, 0) is 44.2 Å². The molecule has 3 heteroatoms. The maximum Gasteiger partial charge on any atom is 0.340 e. The van der Waals surface area contributed by atoms with Crippen LogP contribution in [0.1, 0.15) is 48.5 Å². The lowest BCUT2D eigenvalue weighted by Crippen LogP contribution is -2.25. The highest BCUT2D eigenvalue weighted by atomic mass is 16.5. The molecule has 0 spiro atoms. The van der Waals surface area contributed by atoms with Crippen molar-refractivity contribution in [2.75, 3.05) is 5.73 Å².